The first-order valence-electron chi connectivity index (χ1n) is 40.8. The van der Waals surface area contributed by atoms with Crippen molar-refractivity contribution < 1.29 is 37.9 Å². The van der Waals surface area contributed by atoms with E-state index in [9.17, 15) is 19.5 Å². The molecular formula is C89H113Cl2N17O8S. The number of aliphatic hydroxyl groups excluding tert-OH is 1. The lowest BCUT2D eigenvalue weighted by Crippen LogP contribution is -2.39. The number of ether oxygens (including phenoxy) is 3. The minimum atomic E-state index is -1.67. The maximum atomic E-state index is 13.4. The number of benzene rings is 6. The lowest BCUT2D eigenvalue weighted by atomic mass is 9.97. The first-order valence-corrected chi connectivity index (χ1v) is 43.6. The minimum Gasteiger partial charge on any atom is -0.388 e. The van der Waals surface area contributed by atoms with Crippen LogP contribution < -0.4 is 38.5 Å². The molecule has 0 spiro atoms. The molecule has 6 aliphatic rings. The van der Waals surface area contributed by atoms with Gasteiger partial charge >= 0.3 is 0 Å². The summed E-state index contributed by atoms with van der Waals surface area (Å²) >= 11 is 0. The smallest absolute Gasteiger partial charge is 0.274 e. The van der Waals surface area contributed by atoms with Crippen LogP contribution in [0.15, 0.2) is 164 Å². The Kier molecular flexibility index (Phi) is 36.4. The highest BCUT2D eigenvalue weighted by atomic mass is 36.0. The van der Waals surface area contributed by atoms with Crippen molar-refractivity contribution in [2.75, 3.05) is 108 Å². The molecule has 3 saturated heterocycles. The zero-order valence-electron chi connectivity index (χ0n) is 67.4. The Morgan fingerprint density at radius 1 is 0.487 bits per heavy atom. The number of anilines is 3. The van der Waals surface area contributed by atoms with E-state index in [1.165, 1.54) is 81.8 Å². The van der Waals surface area contributed by atoms with Crippen LogP contribution in [0.3, 0.4) is 0 Å². The highest BCUT2D eigenvalue weighted by Crippen LogP contribution is 2.41. The molecule has 3 aliphatic heterocycles. The normalized spacial score (nSPS) is 16.0. The molecule has 3 aromatic heterocycles. The molecule has 9 aromatic rings. The van der Waals surface area contributed by atoms with Gasteiger partial charge < -0.3 is 57.8 Å². The van der Waals surface area contributed by atoms with Crippen molar-refractivity contribution in [2.24, 2.45) is 35.0 Å². The monoisotopic (exact) mass is 1650 g/mol. The largest absolute Gasteiger partial charge is 0.388 e. The molecule has 15 rings (SSSR count). The number of halogens is 2. The fraction of sp³-hybridized carbons (Fsp3) is 0.438. The van der Waals surface area contributed by atoms with Gasteiger partial charge in [-0.3, -0.25) is 24.2 Å². The summed E-state index contributed by atoms with van der Waals surface area (Å²) in [4.78, 5) is 51.7. The van der Waals surface area contributed by atoms with Crippen LogP contribution in [0.4, 0.5) is 28.4 Å². The second kappa shape index (κ2) is 47.3. The number of nitrogens with zero attached hydrogens (tertiary/aromatic N) is 10. The van der Waals surface area contributed by atoms with E-state index in [2.05, 4.69) is 102 Å². The van der Waals surface area contributed by atoms with Crippen molar-refractivity contribution in [1.82, 2.24) is 44.5 Å². The van der Waals surface area contributed by atoms with Gasteiger partial charge in [-0.05, 0) is 210 Å². The van der Waals surface area contributed by atoms with Crippen LogP contribution in [0, 0.1) is 51.7 Å². The third kappa shape index (κ3) is 29.6. The molecule has 117 heavy (non-hydrogen) atoms. The van der Waals surface area contributed by atoms with Crippen molar-refractivity contribution in [1.29, 1.82) is 0 Å². The standard InChI is InChI=1S/C28H31N5O2.C28H35N5O2.C24H24N4O2.C5H10O.C4H13N3.Cl2OS/c1-20-17-27(33(31-20)25-8-4-6-23(19-25)29-2)28(34)30-24-7-3-5-22(18-24)26(12-11-21-9-10-21)32-13-15-35-16-14-32;1-20-16-27(33(31-20)25-7-2-4-22(17-25)19-29)28(34)30-24-6-3-5-23(18-24)26(11-10-21-8-9-21)32-12-14-35-15-13-32;1-16-13-22(28(27-16)21-8-4-6-19(15-21)25-2)24(30)26-20-7-3-5-18(14-20)23(29)12-11-17-9-10-17;1-2-4-6-5-3-1;5-1-3-7-4-2-6;1-4(2)3/h3-8,17-19,21,26H,9-16H2,1H3,(H,30,34);2-7,16-18,21,26H,8-15,19,29H2,1H3,(H,30,34);3-8,13-15,17,23,29H,9-12H2,1H3,(H,26,30);1-5H2;7H,1-6H2;. The summed E-state index contributed by atoms with van der Waals surface area (Å²) in [5.41, 5.74) is 29.4. The number of hydrogen-bond donors (Lipinski definition) is 8. The summed E-state index contributed by atoms with van der Waals surface area (Å²) in [5, 5.41) is 36.1. The van der Waals surface area contributed by atoms with E-state index in [1.807, 2.05) is 112 Å². The number of carbonyl (C=O) groups is 3. The van der Waals surface area contributed by atoms with Crippen LogP contribution in [-0.2, 0) is 30.0 Å². The maximum Gasteiger partial charge on any atom is 0.274 e. The number of rotatable bonds is 28. The molecule has 25 nitrogen and oxygen atoms in total. The number of amides is 3. The van der Waals surface area contributed by atoms with Gasteiger partial charge in [-0.1, -0.05) is 111 Å². The number of aliphatic hydroxyl groups is 1. The molecule has 6 fully saturated rings. The van der Waals surface area contributed by atoms with Crippen molar-refractivity contribution >= 4 is 76.7 Å². The van der Waals surface area contributed by atoms with Gasteiger partial charge in [-0.2, -0.15) is 15.3 Å². The van der Waals surface area contributed by atoms with E-state index in [4.69, 9.17) is 48.8 Å². The zero-order chi connectivity index (χ0) is 82.8. The van der Waals surface area contributed by atoms with E-state index in [0.29, 0.717) is 82.9 Å². The number of aromatic nitrogens is 6. The van der Waals surface area contributed by atoms with Crippen LogP contribution in [0.1, 0.15) is 185 Å². The highest BCUT2D eigenvalue weighted by Gasteiger charge is 2.31. The van der Waals surface area contributed by atoms with Crippen molar-refractivity contribution in [3.05, 3.63) is 243 Å². The molecule has 622 valence electrons. The number of morpholine rings is 2. The maximum absolute atomic E-state index is 13.4. The van der Waals surface area contributed by atoms with Crippen LogP contribution in [-0.4, -0.2) is 158 Å². The SMILES string of the molecule is C1CCOCC1.Cc1cc(C(=O)Nc2cccc(C(CCC3CC3)N3CCOCC3)c2)n(-c2cccc(CN)c2)n1.NCCNCCN.O=S(Cl)Cl.[C-]#[N+]c1cccc(-n2nc(C)cc2C(=O)Nc2cccc(C(CCC3CC3)N3CCOCC3)c2)c1.[C-]#[N+]c1cccc(-n2nc(C)cc2C(=O)Nc2cccc(C(O)CCC3CC3)c2)c1. The Labute approximate surface area is 699 Å². The highest BCUT2D eigenvalue weighted by molar-refractivity contribution is 8.26. The number of nitrogens with two attached hydrogens (primary N) is 3. The van der Waals surface area contributed by atoms with Gasteiger partial charge in [0.25, 0.3) is 17.7 Å². The summed E-state index contributed by atoms with van der Waals surface area (Å²) in [7, 11) is 7.36. The fourth-order valence-corrected chi connectivity index (χ4v) is 14.3. The lowest BCUT2D eigenvalue weighted by molar-refractivity contribution is 0.0135. The molecule has 3 unspecified atom stereocenters. The van der Waals surface area contributed by atoms with Crippen LogP contribution >= 0.6 is 21.4 Å². The topological polar surface area (TPSA) is 311 Å². The summed E-state index contributed by atoms with van der Waals surface area (Å²) in [6.45, 7) is 32.5. The summed E-state index contributed by atoms with van der Waals surface area (Å²) < 4.78 is 30.2. The van der Waals surface area contributed by atoms with Gasteiger partial charge in [-0.15, -0.1) is 0 Å². The number of nitrogens with one attached hydrogen (secondary N) is 4. The number of carbonyl (C=O) groups excluding carboxylic acids is 3. The molecular weight excluding hydrogens is 1540 g/mol. The first kappa shape index (κ1) is 90.0. The molecule has 3 amide bonds. The van der Waals surface area contributed by atoms with Gasteiger partial charge in [0.1, 0.15) is 17.1 Å². The average Bonchev–Trinajstić information content (AvgIpc) is 1.68. The molecule has 3 atom stereocenters. The van der Waals surface area contributed by atoms with E-state index in [-0.39, 0.29) is 17.7 Å². The predicted molar refractivity (Wildman–Crippen MR) is 465 cm³/mol. The summed E-state index contributed by atoms with van der Waals surface area (Å²) in [6.07, 6.45) is 18.0. The van der Waals surface area contributed by atoms with Crippen molar-refractivity contribution in [3.63, 3.8) is 0 Å². The molecule has 3 aliphatic carbocycles. The van der Waals surface area contributed by atoms with Crippen LogP contribution in [0.5, 0.6) is 0 Å². The lowest BCUT2D eigenvalue weighted by Gasteiger charge is -2.35. The number of aryl methyl sites for hydroxylation is 3. The second-order valence-electron chi connectivity index (χ2n) is 30.2. The van der Waals surface area contributed by atoms with Crippen LogP contribution in [0.25, 0.3) is 26.8 Å². The Balaban J connectivity index is 0.000000168. The van der Waals surface area contributed by atoms with Crippen LogP contribution in [0.2, 0.25) is 0 Å². The van der Waals surface area contributed by atoms with E-state index < -0.39 is 15.3 Å². The number of hydrogen-bond acceptors (Lipinski definition) is 17. The van der Waals surface area contributed by atoms with E-state index >= 15 is 0 Å². The first-order chi connectivity index (χ1) is 56.9. The van der Waals surface area contributed by atoms with Gasteiger partial charge in [0, 0.05) is 123 Å². The Hall–Kier alpha value is -9.33. The molecule has 6 heterocycles. The zero-order valence-corrected chi connectivity index (χ0v) is 69.8. The van der Waals surface area contributed by atoms with Gasteiger partial charge in [-0.25, -0.2) is 27.9 Å². The predicted octanol–water partition coefficient (Wildman–Crippen LogP) is 15.9. The third-order valence-electron chi connectivity index (χ3n) is 20.9. The molecule has 3 saturated carbocycles. The molecule has 11 N–H and O–H groups in total. The van der Waals surface area contributed by atoms with Gasteiger partial charge in [0.15, 0.2) is 11.4 Å². The Morgan fingerprint density at radius 3 is 1.19 bits per heavy atom. The molecule has 0 bridgehead atoms. The van der Waals surface area contributed by atoms with Crippen molar-refractivity contribution in [2.45, 2.75) is 142 Å². The average molecular weight is 1650 g/mol. The minimum absolute atomic E-state index is 0.179. The third-order valence-corrected chi connectivity index (χ3v) is 20.9. The summed E-state index contributed by atoms with van der Waals surface area (Å²) in [5.74, 6) is 1.84. The Bertz CT molecular complexity index is 4720. The fourth-order valence-electron chi connectivity index (χ4n) is 14.3. The van der Waals surface area contributed by atoms with Crippen molar-refractivity contribution in [3.8, 4) is 17.1 Å². The quantitative estimate of drug-likeness (QED) is 0.0128. The van der Waals surface area contributed by atoms with Gasteiger partial charge in [0.05, 0.1) is 79.8 Å². The molecule has 6 aromatic carbocycles. The van der Waals surface area contributed by atoms with Gasteiger partial charge in [0.2, 0.25) is 9.23 Å². The molecule has 0 radical (unpaired) electrons. The van der Waals surface area contributed by atoms with E-state index in [1.54, 1.807) is 62.6 Å². The molecule has 28 heteroatoms. The summed E-state index contributed by atoms with van der Waals surface area (Å²) in [6, 6.07) is 51.9. The second-order valence-corrected chi connectivity index (χ2v) is 32.7. The Morgan fingerprint density at radius 2 is 0.838 bits per heavy atom. The van der Waals surface area contributed by atoms with E-state index in [0.717, 1.165) is 162 Å².